The number of imide groups is 1. The molecule has 102 valence electrons. The van der Waals surface area contributed by atoms with Crippen molar-refractivity contribution in [3.63, 3.8) is 0 Å². The number of β-amino-alcohol motifs (C(OH)–C–C–N with tert-alkyl or cyclic N) is 1. The number of hydrogen-bond acceptors (Lipinski definition) is 3. The van der Waals surface area contributed by atoms with Crippen LogP contribution in [0, 0.1) is 11.8 Å². The second-order valence-corrected chi connectivity index (χ2v) is 6.29. The van der Waals surface area contributed by atoms with Crippen LogP contribution in [0.25, 0.3) is 0 Å². The summed E-state index contributed by atoms with van der Waals surface area (Å²) in [4.78, 5) is 25.1. The maximum absolute atomic E-state index is 11.9. The number of aliphatic hydroxyl groups is 1. The molecule has 1 aliphatic heterocycles. The maximum Gasteiger partial charge on any atom is 0.229 e. The molecule has 2 fully saturated rings. The van der Waals surface area contributed by atoms with Gasteiger partial charge in [0.1, 0.15) is 0 Å². The highest BCUT2D eigenvalue weighted by molar-refractivity contribution is 5.97. The van der Waals surface area contributed by atoms with E-state index in [1.807, 2.05) is 6.92 Å². The van der Waals surface area contributed by atoms with Crippen LogP contribution in [0.2, 0.25) is 0 Å². The van der Waals surface area contributed by atoms with Crippen molar-refractivity contribution >= 4 is 11.8 Å². The molecule has 0 atom stereocenters. The van der Waals surface area contributed by atoms with Crippen molar-refractivity contribution in [2.45, 2.75) is 58.0 Å². The molecule has 0 bridgehead atoms. The lowest BCUT2D eigenvalue weighted by atomic mass is 9.79. The van der Waals surface area contributed by atoms with Gasteiger partial charge >= 0.3 is 0 Å². The molecule has 1 saturated carbocycles. The Morgan fingerprint density at radius 1 is 1.11 bits per heavy atom. The summed E-state index contributed by atoms with van der Waals surface area (Å²) < 4.78 is 0. The van der Waals surface area contributed by atoms with Crippen LogP contribution in [-0.4, -0.2) is 34.0 Å². The highest BCUT2D eigenvalue weighted by atomic mass is 16.3. The summed E-state index contributed by atoms with van der Waals surface area (Å²) in [5.41, 5.74) is -0.849. The van der Waals surface area contributed by atoms with Crippen molar-refractivity contribution in [1.29, 1.82) is 0 Å². The van der Waals surface area contributed by atoms with Crippen molar-refractivity contribution < 1.29 is 14.7 Å². The number of hydrogen-bond donors (Lipinski definition) is 1. The molecule has 0 unspecified atom stereocenters. The average Bonchev–Trinajstić information content (AvgIpc) is 2.28. The van der Waals surface area contributed by atoms with E-state index >= 15 is 0 Å². The van der Waals surface area contributed by atoms with Gasteiger partial charge in [0.25, 0.3) is 0 Å². The highest BCUT2D eigenvalue weighted by Gasteiger charge is 2.39. The molecule has 2 rings (SSSR count). The third-order valence-electron chi connectivity index (χ3n) is 4.31. The molecule has 2 amide bonds. The molecule has 4 nitrogen and oxygen atoms in total. The summed E-state index contributed by atoms with van der Waals surface area (Å²) in [7, 11) is 0. The third-order valence-corrected chi connectivity index (χ3v) is 4.31. The van der Waals surface area contributed by atoms with Crippen molar-refractivity contribution in [2.24, 2.45) is 11.8 Å². The van der Waals surface area contributed by atoms with Crippen LogP contribution in [0.1, 0.15) is 52.4 Å². The second-order valence-electron chi connectivity index (χ2n) is 6.29. The molecule has 0 aromatic rings. The van der Waals surface area contributed by atoms with E-state index in [0.29, 0.717) is 31.6 Å². The van der Waals surface area contributed by atoms with Crippen LogP contribution in [0.15, 0.2) is 0 Å². The highest BCUT2D eigenvalue weighted by Crippen LogP contribution is 2.33. The monoisotopic (exact) mass is 253 g/mol. The number of likely N-dealkylation sites (tertiary alicyclic amines) is 1. The van der Waals surface area contributed by atoms with Gasteiger partial charge in [-0.05, 0) is 37.5 Å². The van der Waals surface area contributed by atoms with Gasteiger partial charge in [0.15, 0.2) is 0 Å². The molecule has 18 heavy (non-hydrogen) atoms. The second kappa shape index (κ2) is 5.00. The van der Waals surface area contributed by atoms with Crippen molar-refractivity contribution in [3.8, 4) is 0 Å². The number of carbonyl (C=O) groups is 2. The minimum Gasteiger partial charge on any atom is -0.388 e. The van der Waals surface area contributed by atoms with E-state index in [4.69, 9.17) is 0 Å². The Balaban J connectivity index is 2.00. The van der Waals surface area contributed by atoms with Gasteiger partial charge in [-0.25, -0.2) is 0 Å². The summed E-state index contributed by atoms with van der Waals surface area (Å²) in [6, 6.07) is 0. The minimum atomic E-state index is -0.849. The SMILES string of the molecule is CC1CCC(O)(CN2C(=O)CC(C)CC2=O)CC1. The van der Waals surface area contributed by atoms with Crippen LogP contribution in [0.3, 0.4) is 0 Å². The van der Waals surface area contributed by atoms with Gasteiger partial charge in [0.2, 0.25) is 11.8 Å². The Kier molecular flexibility index (Phi) is 3.76. The molecule has 0 aromatic heterocycles. The van der Waals surface area contributed by atoms with Gasteiger partial charge < -0.3 is 5.11 Å². The van der Waals surface area contributed by atoms with E-state index in [-0.39, 0.29) is 24.3 Å². The van der Waals surface area contributed by atoms with Crippen LogP contribution < -0.4 is 0 Å². The predicted octanol–water partition coefficient (Wildman–Crippen LogP) is 1.71. The van der Waals surface area contributed by atoms with Gasteiger partial charge in [-0.2, -0.15) is 0 Å². The molecule has 0 spiro atoms. The molecule has 0 aromatic carbocycles. The van der Waals surface area contributed by atoms with Gasteiger partial charge in [0, 0.05) is 12.8 Å². The number of rotatable bonds is 2. The molecule has 1 N–H and O–H groups in total. The van der Waals surface area contributed by atoms with Gasteiger partial charge in [-0.15, -0.1) is 0 Å². The molecule has 0 radical (unpaired) electrons. The first-order chi connectivity index (χ1) is 8.39. The Bertz CT molecular complexity index is 327. The van der Waals surface area contributed by atoms with Gasteiger partial charge in [-0.3, -0.25) is 14.5 Å². The van der Waals surface area contributed by atoms with Crippen molar-refractivity contribution in [2.75, 3.05) is 6.54 Å². The number of amides is 2. The summed E-state index contributed by atoms with van der Waals surface area (Å²) in [5.74, 6) is 0.539. The van der Waals surface area contributed by atoms with Gasteiger partial charge in [-0.1, -0.05) is 13.8 Å². The molecular formula is C14H23NO3. The zero-order valence-electron chi connectivity index (χ0n) is 11.3. The lowest BCUT2D eigenvalue weighted by Crippen LogP contribution is -2.52. The molecule has 2 aliphatic rings. The zero-order chi connectivity index (χ0) is 13.3. The van der Waals surface area contributed by atoms with Crippen LogP contribution in [0.4, 0.5) is 0 Å². The smallest absolute Gasteiger partial charge is 0.229 e. The third kappa shape index (κ3) is 2.91. The fourth-order valence-corrected chi connectivity index (χ4v) is 2.96. The quantitative estimate of drug-likeness (QED) is 0.762. The molecular weight excluding hydrogens is 230 g/mol. The number of nitrogens with zero attached hydrogens (tertiary/aromatic N) is 1. The zero-order valence-corrected chi connectivity index (χ0v) is 11.3. The molecule has 1 heterocycles. The van der Waals surface area contributed by atoms with Crippen LogP contribution in [-0.2, 0) is 9.59 Å². The summed E-state index contributed by atoms with van der Waals surface area (Å²) in [6.07, 6.45) is 4.20. The van der Waals surface area contributed by atoms with E-state index in [9.17, 15) is 14.7 Å². The Morgan fingerprint density at radius 3 is 2.11 bits per heavy atom. The summed E-state index contributed by atoms with van der Waals surface area (Å²) >= 11 is 0. The van der Waals surface area contributed by atoms with Crippen LogP contribution >= 0.6 is 0 Å². The Hall–Kier alpha value is -0.900. The predicted molar refractivity (Wildman–Crippen MR) is 67.7 cm³/mol. The topological polar surface area (TPSA) is 57.6 Å². The summed E-state index contributed by atoms with van der Waals surface area (Å²) in [5, 5.41) is 10.5. The molecule has 4 heteroatoms. The number of carbonyl (C=O) groups excluding carboxylic acids is 2. The van der Waals surface area contributed by atoms with Crippen molar-refractivity contribution in [1.82, 2.24) is 4.90 Å². The van der Waals surface area contributed by atoms with Crippen molar-refractivity contribution in [3.05, 3.63) is 0 Å². The lowest BCUT2D eigenvalue weighted by Gasteiger charge is -2.39. The van der Waals surface area contributed by atoms with E-state index in [0.717, 1.165) is 12.8 Å². The largest absolute Gasteiger partial charge is 0.388 e. The number of piperidine rings is 1. The fourth-order valence-electron chi connectivity index (χ4n) is 2.96. The Morgan fingerprint density at radius 2 is 1.61 bits per heavy atom. The average molecular weight is 253 g/mol. The van der Waals surface area contributed by atoms with E-state index in [2.05, 4.69) is 6.92 Å². The first kappa shape index (κ1) is 13.5. The standard InChI is InChI=1S/C14H23NO3/c1-10-3-5-14(18,6-4-10)9-15-12(16)7-11(2)8-13(15)17/h10-11,18H,3-9H2,1-2H3. The Labute approximate surface area is 108 Å². The molecule has 1 saturated heterocycles. The van der Waals surface area contributed by atoms with E-state index in [1.54, 1.807) is 0 Å². The minimum absolute atomic E-state index is 0.120. The normalized spacial score (nSPS) is 35.1. The van der Waals surface area contributed by atoms with E-state index in [1.165, 1.54) is 4.90 Å². The maximum atomic E-state index is 11.9. The molecule has 1 aliphatic carbocycles. The fraction of sp³-hybridized carbons (Fsp3) is 0.857. The lowest BCUT2D eigenvalue weighted by molar-refractivity contribution is -0.155. The van der Waals surface area contributed by atoms with Crippen LogP contribution in [0.5, 0.6) is 0 Å². The van der Waals surface area contributed by atoms with E-state index < -0.39 is 5.60 Å². The first-order valence-electron chi connectivity index (χ1n) is 6.95. The first-order valence-corrected chi connectivity index (χ1v) is 6.95. The van der Waals surface area contributed by atoms with Gasteiger partial charge in [0.05, 0.1) is 12.1 Å². The summed E-state index contributed by atoms with van der Waals surface area (Å²) in [6.45, 7) is 4.30.